The molecule has 0 fully saturated rings. The van der Waals surface area contributed by atoms with E-state index in [4.69, 9.17) is 9.72 Å². The van der Waals surface area contributed by atoms with Crippen LogP contribution in [0.4, 0.5) is 5.13 Å². The molecule has 0 saturated heterocycles. The zero-order valence-corrected chi connectivity index (χ0v) is 16.3. The smallest absolute Gasteiger partial charge is 0.358 e. The Bertz CT molecular complexity index is 1000. The molecule has 1 aliphatic heterocycles. The first-order valence-electron chi connectivity index (χ1n) is 9.15. The Labute approximate surface area is 162 Å². The van der Waals surface area contributed by atoms with E-state index in [-0.39, 0.29) is 5.97 Å². The number of fused-ring (bicyclic) bond motifs is 1. The van der Waals surface area contributed by atoms with E-state index in [2.05, 4.69) is 40.3 Å². The summed E-state index contributed by atoms with van der Waals surface area (Å²) in [6, 6.07) is 8.01. The van der Waals surface area contributed by atoms with Crippen molar-refractivity contribution in [3.05, 3.63) is 53.4 Å². The molecule has 7 heteroatoms. The van der Waals surface area contributed by atoms with Gasteiger partial charge >= 0.3 is 5.97 Å². The number of nitrogens with zero attached hydrogens (tertiary/aromatic N) is 4. The van der Waals surface area contributed by atoms with Gasteiger partial charge in [0, 0.05) is 24.3 Å². The quantitative estimate of drug-likeness (QED) is 0.496. The molecule has 0 bridgehead atoms. The van der Waals surface area contributed by atoms with E-state index >= 15 is 0 Å². The Morgan fingerprint density at radius 1 is 1.33 bits per heavy atom. The van der Waals surface area contributed by atoms with Crippen LogP contribution in [0.1, 0.15) is 35.1 Å². The van der Waals surface area contributed by atoms with Gasteiger partial charge in [-0.15, -0.1) is 0 Å². The van der Waals surface area contributed by atoms with Crippen molar-refractivity contribution in [3.63, 3.8) is 0 Å². The van der Waals surface area contributed by atoms with Crippen molar-refractivity contribution in [1.82, 2.24) is 14.8 Å². The largest absolute Gasteiger partial charge is 0.461 e. The van der Waals surface area contributed by atoms with Gasteiger partial charge in [0.2, 0.25) is 0 Å². The minimum atomic E-state index is -0.383. The lowest BCUT2D eigenvalue weighted by atomic mass is 10.2. The lowest BCUT2D eigenvalue weighted by Gasteiger charge is -2.22. The molecule has 0 unspecified atom stereocenters. The predicted molar refractivity (Wildman–Crippen MR) is 108 cm³/mol. The van der Waals surface area contributed by atoms with Gasteiger partial charge in [-0.25, -0.2) is 9.78 Å². The molecule has 1 aliphatic rings. The van der Waals surface area contributed by atoms with E-state index in [9.17, 15) is 4.79 Å². The minimum absolute atomic E-state index is 0.345. The third-order valence-electron chi connectivity index (χ3n) is 4.61. The number of aryl methyl sites for hydroxylation is 1. The van der Waals surface area contributed by atoms with Gasteiger partial charge in [0.15, 0.2) is 10.8 Å². The highest BCUT2D eigenvalue weighted by molar-refractivity contribution is 7.22. The van der Waals surface area contributed by atoms with Crippen molar-refractivity contribution in [2.24, 2.45) is 0 Å². The molecule has 2 aromatic heterocycles. The topological polar surface area (TPSA) is 60.2 Å². The van der Waals surface area contributed by atoms with Crippen LogP contribution in [0.5, 0.6) is 0 Å². The molecule has 140 valence electrons. The second kappa shape index (κ2) is 7.52. The maximum absolute atomic E-state index is 11.9. The maximum atomic E-state index is 11.9. The number of hydrogen-bond acceptors (Lipinski definition) is 6. The number of anilines is 1. The SMILES string of the molecule is CCOC(=O)c1cc(C)n(Cc2cccc3sc(N4CC=CCC4)nc23)n1. The van der Waals surface area contributed by atoms with Gasteiger partial charge in [-0.05, 0) is 32.4 Å². The lowest BCUT2D eigenvalue weighted by Crippen LogP contribution is -2.26. The van der Waals surface area contributed by atoms with E-state index in [0.29, 0.717) is 18.8 Å². The van der Waals surface area contributed by atoms with Gasteiger partial charge in [-0.2, -0.15) is 5.10 Å². The second-order valence-electron chi connectivity index (χ2n) is 6.52. The number of rotatable bonds is 5. The summed E-state index contributed by atoms with van der Waals surface area (Å²) in [6.45, 7) is 6.58. The fraction of sp³-hybridized carbons (Fsp3) is 0.350. The Kier molecular flexibility index (Phi) is 4.94. The molecule has 6 nitrogen and oxygen atoms in total. The average molecular weight is 382 g/mol. The van der Waals surface area contributed by atoms with Gasteiger partial charge in [0.05, 0.1) is 23.4 Å². The number of benzene rings is 1. The minimum Gasteiger partial charge on any atom is -0.461 e. The predicted octanol–water partition coefficient (Wildman–Crippen LogP) is 3.79. The number of para-hydroxylation sites is 1. The van der Waals surface area contributed by atoms with Crippen molar-refractivity contribution < 1.29 is 9.53 Å². The molecule has 4 rings (SSSR count). The first kappa shape index (κ1) is 17.7. The van der Waals surface area contributed by atoms with Crippen LogP contribution >= 0.6 is 11.3 Å². The normalized spacial score (nSPS) is 14.1. The van der Waals surface area contributed by atoms with Crippen LogP contribution in [0, 0.1) is 6.92 Å². The summed E-state index contributed by atoms with van der Waals surface area (Å²) in [6.07, 6.45) is 5.48. The molecular weight excluding hydrogens is 360 g/mol. The van der Waals surface area contributed by atoms with Gasteiger partial charge in [0.25, 0.3) is 0 Å². The number of carbonyl (C=O) groups excluding carboxylic acids is 1. The van der Waals surface area contributed by atoms with E-state index < -0.39 is 0 Å². The van der Waals surface area contributed by atoms with Gasteiger partial charge < -0.3 is 9.64 Å². The summed E-state index contributed by atoms with van der Waals surface area (Å²) in [4.78, 5) is 19.2. The van der Waals surface area contributed by atoms with Crippen LogP contribution in [0.3, 0.4) is 0 Å². The molecular formula is C20H22N4O2S. The molecule has 0 amide bonds. The molecule has 0 N–H and O–H groups in total. The van der Waals surface area contributed by atoms with Crippen LogP contribution in [-0.4, -0.2) is 40.4 Å². The summed E-state index contributed by atoms with van der Waals surface area (Å²) < 4.78 is 8.06. The van der Waals surface area contributed by atoms with E-state index in [1.54, 1.807) is 24.3 Å². The molecule has 0 saturated carbocycles. The van der Waals surface area contributed by atoms with Crippen molar-refractivity contribution >= 4 is 32.7 Å². The number of ether oxygens (including phenoxy) is 1. The Morgan fingerprint density at radius 2 is 2.22 bits per heavy atom. The Hall–Kier alpha value is -2.67. The zero-order chi connectivity index (χ0) is 18.8. The lowest BCUT2D eigenvalue weighted by molar-refractivity contribution is 0.0518. The van der Waals surface area contributed by atoms with Crippen LogP contribution in [0.25, 0.3) is 10.2 Å². The van der Waals surface area contributed by atoms with Crippen molar-refractivity contribution in [3.8, 4) is 0 Å². The fourth-order valence-electron chi connectivity index (χ4n) is 3.21. The van der Waals surface area contributed by atoms with Crippen LogP contribution in [-0.2, 0) is 11.3 Å². The van der Waals surface area contributed by atoms with E-state index in [0.717, 1.165) is 41.4 Å². The summed E-state index contributed by atoms with van der Waals surface area (Å²) >= 11 is 1.73. The van der Waals surface area contributed by atoms with E-state index in [1.807, 2.05) is 11.6 Å². The van der Waals surface area contributed by atoms with Crippen molar-refractivity contribution in [1.29, 1.82) is 0 Å². The summed E-state index contributed by atoms with van der Waals surface area (Å²) in [5.74, 6) is -0.383. The number of thiazole rings is 1. The van der Waals surface area contributed by atoms with E-state index in [1.165, 1.54) is 4.70 Å². The Balaban J connectivity index is 1.63. The number of esters is 1. The standard InChI is InChI=1S/C20H22N4O2S/c1-3-26-19(25)16-12-14(2)24(22-16)13-15-8-7-9-17-18(15)21-20(27-17)23-10-5-4-6-11-23/h4-5,7-9,12H,3,6,10-11,13H2,1-2H3. The second-order valence-corrected chi connectivity index (χ2v) is 7.52. The summed E-state index contributed by atoms with van der Waals surface area (Å²) in [5, 5.41) is 5.49. The van der Waals surface area contributed by atoms with Gasteiger partial charge in [-0.1, -0.05) is 35.6 Å². The summed E-state index contributed by atoms with van der Waals surface area (Å²) in [5.41, 5.74) is 3.39. The highest BCUT2D eigenvalue weighted by Gasteiger charge is 2.17. The highest BCUT2D eigenvalue weighted by Crippen LogP contribution is 2.32. The first-order chi connectivity index (χ1) is 13.2. The number of aromatic nitrogens is 3. The van der Waals surface area contributed by atoms with Crippen LogP contribution < -0.4 is 4.90 Å². The highest BCUT2D eigenvalue weighted by atomic mass is 32.1. The maximum Gasteiger partial charge on any atom is 0.358 e. The molecule has 3 aromatic rings. The average Bonchev–Trinajstić information content (AvgIpc) is 3.27. The van der Waals surface area contributed by atoms with Crippen LogP contribution in [0.2, 0.25) is 0 Å². The van der Waals surface area contributed by atoms with Crippen LogP contribution in [0.15, 0.2) is 36.4 Å². The third kappa shape index (κ3) is 3.60. The monoisotopic (exact) mass is 382 g/mol. The molecule has 27 heavy (non-hydrogen) atoms. The number of hydrogen-bond donors (Lipinski definition) is 0. The third-order valence-corrected chi connectivity index (χ3v) is 5.69. The molecule has 0 atom stereocenters. The first-order valence-corrected chi connectivity index (χ1v) is 9.97. The fourth-order valence-corrected chi connectivity index (χ4v) is 4.26. The molecule has 1 aromatic carbocycles. The molecule has 0 spiro atoms. The molecule has 0 radical (unpaired) electrons. The Morgan fingerprint density at radius 3 is 3.00 bits per heavy atom. The van der Waals surface area contributed by atoms with Gasteiger partial charge in [-0.3, -0.25) is 4.68 Å². The zero-order valence-electron chi connectivity index (χ0n) is 15.5. The van der Waals surface area contributed by atoms with Crippen molar-refractivity contribution in [2.45, 2.75) is 26.8 Å². The summed E-state index contributed by atoms with van der Waals surface area (Å²) in [7, 11) is 0. The van der Waals surface area contributed by atoms with Gasteiger partial charge in [0.1, 0.15) is 0 Å². The van der Waals surface area contributed by atoms with Crippen molar-refractivity contribution in [2.75, 3.05) is 24.6 Å². The molecule has 0 aliphatic carbocycles. The molecule has 3 heterocycles. The number of carbonyl (C=O) groups is 1.